The van der Waals surface area contributed by atoms with Crippen molar-refractivity contribution >= 4 is 11.4 Å². The monoisotopic (exact) mass is 827 g/mol. The summed E-state index contributed by atoms with van der Waals surface area (Å²) in [5.74, 6) is 28.4. The third-order valence-corrected chi connectivity index (χ3v) is 12.6. The molecule has 2 aliphatic carbocycles. The van der Waals surface area contributed by atoms with Crippen LogP contribution in [0.5, 0.6) is 5.75 Å². The number of para-hydroxylation sites is 2. The fourth-order valence-electron chi connectivity index (χ4n) is 9.26. The number of terminal acetylenes is 1. The van der Waals surface area contributed by atoms with Crippen LogP contribution < -0.4 is 9.64 Å². The molecular formula is C60H63N2O+. The Morgan fingerprint density at radius 1 is 0.698 bits per heavy atom. The lowest BCUT2D eigenvalue weighted by molar-refractivity contribution is -0.369. The molecular weight excluding hydrogens is 765 g/mol. The molecule has 0 bridgehead atoms. The van der Waals surface area contributed by atoms with Crippen LogP contribution in [0.15, 0.2) is 125 Å². The van der Waals surface area contributed by atoms with Gasteiger partial charge in [0.2, 0.25) is 17.5 Å². The lowest BCUT2D eigenvalue weighted by Crippen LogP contribution is -2.27. The molecule has 4 aliphatic rings. The summed E-state index contributed by atoms with van der Waals surface area (Å²) in [5.41, 5.74) is 9.82. The SMILES string of the molecule is C#CC#CC#CC#CC#CC#C[N+]1=C(C=CC2=C(Oc3ccccc3)C(=CC=C3N(CCCCCCCCCCCC)c4ccccc4C3(C)C)CCC2)C(C)(C)C2=C1C=CCC2. The van der Waals surface area contributed by atoms with Crippen LogP contribution in [0.3, 0.4) is 0 Å². The van der Waals surface area contributed by atoms with E-state index in [0.29, 0.717) is 0 Å². The Morgan fingerprint density at radius 3 is 2.06 bits per heavy atom. The highest BCUT2D eigenvalue weighted by molar-refractivity contribution is 6.00. The van der Waals surface area contributed by atoms with Crippen molar-refractivity contribution in [1.82, 2.24) is 0 Å². The third kappa shape index (κ3) is 11.9. The summed E-state index contributed by atoms with van der Waals surface area (Å²) in [4.78, 5) is 2.60. The summed E-state index contributed by atoms with van der Waals surface area (Å²) in [5, 5.41) is 0. The lowest BCUT2D eigenvalue weighted by atomic mass is 9.77. The minimum absolute atomic E-state index is 0.119. The Labute approximate surface area is 380 Å². The van der Waals surface area contributed by atoms with Crippen LogP contribution in [-0.4, -0.2) is 16.8 Å². The number of benzene rings is 2. The molecule has 3 heteroatoms. The maximum Gasteiger partial charge on any atom is 0.243 e. The van der Waals surface area contributed by atoms with Gasteiger partial charge in [-0.15, -0.1) is 11.0 Å². The molecule has 0 N–H and O–H groups in total. The van der Waals surface area contributed by atoms with Gasteiger partial charge in [0, 0.05) is 64.8 Å². The zero-order valence-corrected chi connectivity index (χ0v) is 38.4. The first-order chi connectivity index (χ1) is 30.8. The summed E-state index contributed by atoms with van der Waals surface area (Å²) in [6.45, 7) is 12.7. The van der Waals surface area contributed by atoms with Crippen molar-refractivity contribution < 1.29 is 9.31 Å². The highest BCUT2D eigenvalue weighted by Crippen LogP contribution is 2.48. The molecule has 0 aromatic heterocycles. The number of nitrogens with zero attached hydrogens (tertiary/aromatic N) is 2. The second-order valence-corrected chi connectivity index (χ2v) is 17.7. The van der Waals surface area contributed by atoms with Gasteiger partial charge in [-0.3, -0.25) is 0 Å². The maximum absolute atomic E-state index is 6.89. The van der Waals surface area contributed by atoms with E-state index in [1.165, 1.54) is 97.9 Å². The predicted octanol–water partition coefficient (Wildman–Crippen LogP) is 13.3. The van der Waals surface area contributed by atoms with Crippen molar-refractivity contribution in [3.8, 4) is 77.4 Å². The zero-order valence-electron chi connectivity index (χ0n) is 38.4. The van der Waals surface area contributed by atoms with Crippen molar-refractivity contribution in [3.63, 3.8) is 0 Å². The third-order valence-electron chi connectivity index (χ3n) is 12.6. The number of hydrogen-bond donors (Lipinski definition) is 0. The van der Waals surface area contributed by atoms with Gasteiger partial charge in [-0.2, -0.15) is 0 Å². The number of fused-ring (bicyclic) bond motifs is 1. The average molecular weight is 828 g/mol. The van der Waals surface area contributed by atoms with Crippen LogP contribution in [0.4, 0.5) is 5.69 Å². The molecule has 2 aromatic carbocycles. The van der Waals surface area contributed by atoms with Gasteiger partial charge in [0.25, 0.3) is 0 Å². The fraction of sp³-hybridized carbons (Fsp3) is 0.383. The summed E-state index contributed by atoms with van der Waals surface area (Å²) < 4.78 is 9.01. The van der Waals surface area contributed by atoms with Crippen LogP contribution in [-0.2, 0) is 5.41 Å². The largest absolute Gasteiger partial charge is 0.457 e. The van der Waals surface area contributed by atoms with Crippen LogP contribution in [0.2, 0.25) is 0 Å². The lowest BCUT2D eigenvalue weighted by Gasteiger charge is -2.27. The topological polar surface area (TPSA) is 15.5 Å². The molecule has 0 unspecified atom stereocenters. The van der Waals surface area contributed by atoms with E-state index in [1.54, 1.807) is 0 Å². The molecule has 0 saturated carbocycles. The van der Waals surface area contributed by atoms with E-state index < -0.39 is 0 Å². The van der Waals surface area contributed by atoms with Crippen LogP contribution >= 0.6 is 0 Å². The second-order valence-electron chi connectivity index (χ2n) is 17.7. The van der Waals surface area contributed by atoms with Crippen LogP contribution in [0.25, 0.3) is 0 Å². The molecule has 0 saturated heterocycles. The predicted molar refractivity (Wildman–Crippen MR) is 264 cm³/mol. The van der Waals surface area contributed by atoms with E-state index >= 15 is 0 Å². The van der Waals surface area contributed by atoms with Gasteiger partial charge in [0.1, 0.15) is 11.5 Å². The second kappa shape index (κ2) is 23.1. The number of rotatable bonds is 16. The van der Waals surface area contributed by atoms with Gasteiger partial charge in [0.05, 0.1) is 11.3 Å². The summed E-state index contributed by atoms with van der Waals surface area (Å²) in [6, 6.07) is 22.6. The minimum Gasteiger partial charge on any atom is -0.457 e. The highest BCUT2D eigenvalue weighted by Gasteiger charge is 2.46. The zero-order chi connectivity index (χ0) is 44.3. The molecule has 2 heterocycles. The Hall–Kier alpha value is -6.49. The Bertz CT molecular complexity index is 2580. The maximum atomic E-state index is 6.89. The number of ether oxygens (including phenoxy) is 1. The average Bonchev–Trinajstić information content (AvgIpc) is 3.64. The first-order valence-corrected chi connectivity index (χ1v) is 23.2. The van der Waals surface area contributed by atoms with E-state index in [4.69, 9.17) is 11.2 Å². The molecule has 0 spiro atoms. The molecule has 63 heavy (non-hydrogen) atoms. The van der Waals surface area contributed by atoms with Gasteiger partial charge in [-0.1, -0.05) is 127 Å². The summed E-state index contributed by atoms with van der Waals surface area (Å²) in [6.07, 6.45) is 37.1. The van der Waals surface area contributed by atoms with E-state index in [2.05, 4.69) is 170 Å². The molecule has 6 rings (SSSR count). The van der Waals surface area contributed by atoms with Crippen molar-refractivity contribution in [2.45, 2.75) is 136 Å². The number of anilines is 1. The standard InChI is InChI=1S/C60H63N2O/c1-7-9-11-13-15-17-19-21-23-32-47-61-54-41-30-28-39-52(54)59(3,4)56(61)45-43-49-35-34-36-50(58(49)63-51-37-26-25-27-38-51)44-46-57-60(5,6)53-40-29-31-42-55(53)62(57)48-33-24-22-20-18-16-14-12-10-8-2/h1,25-27,29-31,37-38,40-46H,8,10,12,14,16,18,20,22,24,28,33-36,39,48H2,2-6H3/q+1. The van der Waals surface area contributed by atoms with Crippen molar-refractivity contribution in [3.05, 3.63) is 130 Å². The molecule has 0 atom stereocenters. The normalized spacial score (nSPS) is 17.9. The molecule has 0 fully saturated rings. The van der Waals surface area contributed by atoms with Gasteiger partial charge < -0.3 is 9.64 Å². The van der Waals surface area contributed by atoms with Crippen LogP contribution in [0, 0.1) is 77.1 Å². The van der Waals surface area contributed by atoms with E-state index in [9.17, 15) is 0 Å². The van der Waals surface area contributed by atoms with Crippen molar-refractivity contribution in [2.75, 3.05) is 11.4 Å². The van der Waals surface area contributed by atoms with Gasteiger partial charge in [0.15, 0.2) is 0 Å². The molecule has 2 aliphatic heterocycles. The van der Waals surface area contributed by atoms with Crippen molar-refractivity contribution in [1.29, 1.82) is 0 Å². The van der Waals surface area contributed by atoms with Gasteiger partial charge >= 0.3 is 0 Å². The summed E-state index contributed by atoms with van der Waals surface area (Å²) >= 11 is 0. The van der Waals surface area contributed by atoms with E-state index in [1.807, 2.05) is 30.3 Å². The Kier molecular flexibility index (Phi) is 16.9. The molecule has 318 valence electrons. The molecule has 2 aromatic rings. The fourth-order valence-corrected chi connectivity index (χ4v) is 9.26. The number of allylic oxidation sites excluding steroid dienone is 10. The first-order valence-electron chi connectivity index (χ1n) is 23.2. The van der Waals surface area contributed by atoms with Crippen molar-refractivity contribution in [2.24, 2.45) is 5.41 Å². The molecule has 0 radical (unpaired) electrons. The quantitative estimate of drug-likeness (QED) is 0.0952. The smallest absolute Gasteiger partial charge is 0.243 e. The minimum atomic E-state index is -0.215. The summed E-state index contributed by atoms with van der Waals surface area (Å²) in [7, 11) is 0. The molecule has 0 amide bonds. The van der Waals surface area contributed by atoms with Gasteiger partial charge in [-0.05, 0) is 129 Å². The van der Waals surface area contributed by atoms with Gasteiger partial charge in [-0.25, -0.2) is 0 Å². The van der Waals surface area contributed by atoms with E-state index in [0.717, 1.165) is 61.6 Å². The highest BCUT2D eigenvalue weighted by atomic mass is 16.5. The van der Waals surface area contributed by atoms with Crippen LogP contribution in [0.1, 0.15) is 136 Å². The molecule has 3 nitrogen and oxygen atoms in total. The number of unbranched alkanes of at least 4 members (excludes halogenated alkanes) is 9. The Balaban J connectivity index is 1.31. The Morgan fingerprint density at radius 2 is 1.35 bits per heavy atom. The first kappa shape index (κ1) is 46.0. The van der Waals surface area contributed by atoms with E-state index in [-0.39, 0.29) is 10.8 Å². The number of hydrogen-bond acceptors (Lipinski definition) is 2.